The summed E-state index contributed by atoms with van der Waals surface area (Å²) < 4.78 is 0.984. The molecule has 0 amide bonds. The van der Waals surface area contributed by atoms with Gasteiger partial charge >= 0.3 is 5.97 Å². The predicted molar refractivity (Wildman–Crippen MR) is 87.1 cm³/mol. The Bertz CT molecular complexity index is 477. The Labute approximate surface area is 126 Å². The van der Waals surface area contributed by atoms with Crippen LogP contribution in [-0.4, -0.2) is 36.2 Å². The number of anilines is 1. The highest BCUT2D eigenvalue weighted by molar-refractivity contribution is 9.10. The molecule has 0 heterocycles. The first-order valence-corrected chi connectivity index (χ1v) is 8.06. The molecular formula is C14H18BrNO2S. The Morgan fingerprint density at radius 1 is 1.58 bits per heavy atom. The standard InChI is InChI=1S/C14H18BrNO2S/c1-10(9-19-3)16(2)13-8-12(15)6-4-11(13)5-7-14(17)18/h4-8,10H,9H2,1-3H3,(H,17,18)/b7-5+. The van der Waals surface area contributed by atoms with E-state index < -0.39 is 5.97 Å². The van der Waals surface area contributed by atoms with Crippen LogP contribution < -0.4 is 4.90 Å². The van der Waals surface area contributed by atoms with E-state index in [1.165, 1.54) is 6.08 Å². The topological polar surface area (TPSA) is 40.5 Å². The molecule has 0 aliphatic rings. The van der Waals surface area contributed by atoms with Crippen molar-refractivity contribution in [1.82, 2.24) is 0 Å². The van der Waals surface area contributed by atoms with Crippen LogP contribution in [0.2, 0.25) is 0 Å². The number of carbonyl (C=O) groups is 1. The van der Waals surface area contributed by atoms with Crippen LogP contribution in [-0.2, 0) is 4.79 Å². The summed E-state index contributed by atoms with van der Waals surface area (Å²) in [5.41, 5.74) is 1.93. The molecule has 3 nitrogen and oxygen atoms in total. The first-order valence-electron chi connectivity index (χ1n) is 5.88. The lowest BCUT2D eigenvalue weighted by Crippen LogP contribution is -2.31. The maximum atomic E-state index is 10.6. The number of thioether (sulfide) groups is 1. The summed E-state index contributed by atoms with van der Waals surface area (Å²) >= 11 is 5.26. The van der Waals surface area contributed by atoms with Crippen molar-refractivity contribution in [2.24, 2.45) is 0 Å². The molecular weight excluding hydrogens is 326 g/mol. The van der Waals surface area contributed by atoms with Crippen LogP contribution in [0.1, 0.15) is 12.5 Å². The van der Waals surface area contributed by atoms with Crippen LogP contribution in [0.25, 0.3) is 6.08 Å². The lowest BCUT2D eigenvalue weighted by atomic mass is 10.1. The fourth-order valence-corrected chi connectivity index (χ4v) is 2.77. The first-order chi connectivity index (χ1) is 8.95. The molecule has 0 aromatic heterocycles. The summed E-state index contributed by atoms with van der Waals surface area (Å²) in [5, 5.41) is 8.74. The number of halogens is 1. The van der Waals surface area contributed by atoms with E-state index in [2.05, 4.69) is 34.0 Å². The lowest BCUT2D eigenvalue weighted by molar-refractivity contribution is -0.131. The largest absolute Gasteiger partial charge is 0.478 e. The van der Waals surface area contributed by atoms with Crippen molar-refractivity contribution < 1.29 is 9.90 Å². The molecule has 1 aromatic carbocycles. The van der Waals surface area contributed by atoms with Gasteiger partial charge < -0.3 is 10.0 Å². The second-order valence-corrected chi connectivity index (χ2v) is 6.12. The van der Waals surface area contributed by atoms with Crippen molar-refractivity contribution in [3.8, 4) is 0 Å². The number of aliphatic carboxylic acids is 1. The molecule has 0 fully saturated rings. The van der Waals surface area contributed by atoms with E-state index in [4.69, 9.17) is 5.11 Å². The summed E-state index contributed by atoms with van der Waals surface area (Å²) in [6.45, 7) is 2.15. The Morgan fingerprint density at radius 2 is 2.26 bits per heavy atom. The lowest BCUT2D eigenvalue weighted by Gasteiger charge is -2.28. The summed E-state index contributed by atoms with van der Waals surface area (Å²) in [7, 11) is 2.03. The third kappa shape index (κ3) is 4.91. The third-order valence-electron chi connectivity index (χ3n) is 2.85. The van der Waals surface area contributed by atoms with Gasteiger partial charge in [-0.1, -0.05) is 22.0 Å². The minimum atomic E-state index is -0.936. The van der Waals surface area contributed by atoms with Gasteiger partial charge in [0.1, 0.15) is 0 Å². The number of nitrogens with zero attached hydrogens (tertiary/aromatic N) is 1. The van der Waals surface area contributed by atoms with Gasteiger partial charge in [-0.25, -0.2) is 4.79 Å². The molecule has 1 N–H and O–H groups in total. The number of rotatable bonds is 6. The van der Waals surface area contributed by atoms with Gasteiger partial charge in [-0.15, -0.1) is 0 Å². The van der Waals surface area contributed by atoms with Crippen molar-refractivity contribution in [3.05, 3.63) is 34.3 Å². The monoisotopic (exact) mass is 343 g/mol. The fraction of sp³-hybridized carbons (Fsp3) is 0.357. The Kier molecular flexibility index (Phi) is 6.45. The maximum absolute atomic E-state index is 10.6. The third-order valence-corrected chi connectivity index (χ3v) is 4.16. The molecule has 104 valence electrons. The van der Waals surface area contributed by atoms with Gasteiger partial charge in [0.25, 0.3) is 0 Å². The number of hydrogen-bond acceptors (Lipinski definition) is 3. The van der Waals surface area contributed by atoms with Gasteiger partial charge in [-0.05, 0) is 37.0 Å². The zero-order valence-electron chi connectivity index (χ0n) is 11.3. The van der Waals surface area contributed by atoms with Gasteiger partial charge in [-0.3, -0.25) is 0 Å². The smallest absolute Gasteiger partial charge is 0.328 e. The minimum absolute atomic E-state index is 0.376. The molecule has 1 unspecified atom stereocenters. The van der Waals surface area contributed by atoms with E-state index in [9.17, 15) is 4.79 Å². The van der Waals surface area contributed by atoms with Crippen molar-refractivity contribution in [2.75, 3.05) is 24.0 Å². The SMILES string of the molecule is CSCC(C)N(C)c1cc(Br)ccc1/C=C/C(=O)O. The van der Waals surface area contributed by atoms with E-state index in [1.54, 1.807) is 17.8 Å². The second kappa shape index (κ2) is 7.60. The van der Waals surface area contributed by atoms with E-state index >= 15 is 0 Å². The Hall–Kier alpha value is -0.940. The van der Waals surface area contributed by atoms with E-state index in [0.29, 0.717) is 6.04 Å². The van der Waals surface area contributed by atoms with Crippen LogP contribution in [0, 0.1) is 0 Å². The Balaban J connectivity index is 3.09. The molecule has 0 spiro atoms. The highest BCUT2D eigenvalue weighted by Gasteiger charge is 2.12. The van der Waals surface area contributed by atoms with Crippen molar-refractivity contribution in [1.29, 1.82) is 0 Å². The molecule has 1 atom stereocenters. The molecule has 19 heavy (non-hydrogen) atoms. The zero-order valence-corrected chi connectivity index (χ0v) is 13.7. The van der Waals surface area contributed by atoms with E-state index in [1.807, 2.05) is 25.2 Å². The zero-order chi connectivity index (χ0) is 14.4. The summed E-state index contributed by atoms with van der Waals surface area (Å²) in [5.74, 6) is 0.0825. The average molecular weight is 344 g/mol. The van der Waals surface area contributed by atoms with Gasteiger partial charge in [0.05, 0.1) is 0 Å². The maximum Gasteiger partial charge on any atom is 0.328 e. The van der Waals surface area contributed by atoms with Crippen molar-refractivity contribution in [2.45, 2.75) is 13.0 Å². The molecule has 5 heteroatoms. The highest BCUT2D eigenvalue weighted by Crippen LogP contribution is 2.27. The van der Waals surface area contributed by atoms with Crippen LogP contribution >= 0.6 is 27.7 Å². The fourth-order valence-electron chi connectivity index (χ4n) is 1.71. The second-order valence-electron chi connectivity index (χ2n) is 4.29. The predicted octanol–water partition coefficient (Wildman–Crippen LogP) is 3.73. The van der Waals surface area contributed by atoms with Gasteiger partial charge in [0.15, 0.2) is 0 Å². The molecule has 0 radical (unpaired) electrons. The summed E-state index contributed by atoms with van der Waals surface area (Å²) in [6.07, 6.45) is 4.88. The number of hydrogen-bond donors (Lipinski definition) is 1. The number of benzene rings is 1. The molecule has 0 saturated carbocycles. The Morgan fingerprint density at radius 3 is 2.84 bits per heavy atom. The first kappa shape index (κ1) is 16.1. The highest BCUT2D eigenvalue weighted by atomic mass is 79.9. The minimum Gasteiger partial charge on any atom is -0.478 e. The quantitative estimate of drug-likeness (QED) is 0.799. The van der Waals surface area contributed by atoms with Crippen LogP contribution in [0.15, 0.2) is 28.7 Å². The van der Waals surface area contributed by atoms with E-state index in [0.717, 1.165) is 21.5 Å². The van der Waals surface area contributed by atoms with Gasteiger partial charge in [-0.2, -0.15) is 11.8 Å². The van der Waals surface area contributed by atoms with Crippen molar-refractivity contribution in [3.63, 3.8) is 0 Å². The number of carboxylic acids is 1. The van der Waals surface area contributed by atoms with Crippen LogP contribution in [0.5, 0.6) is 0 Å². The van der Waals surface area contributed by atoms with Crippen molar-refractivity contribution >= 4 is 45.4 Å². The molecule has 1 aromatic rings. The molecule has 0 aliphatic carbocycles. The average Bonchev–Trinajstić information content (AvgIpc) is 2.36. The molecule has 0 bridgehead atoms. The normalized spacial score (nSPS) is 12.6. The number of carboxylic acid groups (broad SMARTS) is 1. The van der Waals surface area contributed by atoms with Gasteiger partial charge in [0, 0.05) is 35.1 Å². The molecule has 0 saturated heterocycles. The van der Waals surface area contributed by atoms with Crippen LogP contribution in [0.3, 0.4) is 0 Å². The van der Waals surface area contributed by atoms with Crippen LogP contribution in [0.4, 0.5) is 5.69 Å². The summed E-state index contributed by atoms with van der Waals surface area (Å²) in [6, 6.07) is 6.22. The van der Waals surface area contributed by atoms with Gasteiger partial charge in [0.2, 0.25) is 0 Å². The molecule has 1 rings (SSSR count). The summed E-state index contributed by atoms with van der Waals surface area (Å²) in [4.78, 5) is 12.8. The molecule has 0 aliphatic heterocycles. The van der Waals surface area contributed by atoms with E-state index in [-0.39, 0.29) is 0 Å².